The minimum absolute atomic E-state index is 0.0458. The van der Waals surface area contributed by atoms with Gasteiger partial charge in [0, 0.05) is 11.6 Å². The standard InChI is InChI=1S/C15H11N7O5/c16-15-17-14(20-27-15)13(9-4-2-1-3-5-9)19-18-11-7-6-10(21(23)24)8-12(11)22(25)26/h1-8,18H,(H2,16,17,20)/b19-13+. The SMILES string of the molecule is Nc1nc(/C(=N/Nc2ccc([N+](=O)[O-])cc2[N+](=O)[O-])c2ccccc2)no1. The second-order valence-corrected chi connectivity index (χ2v) is 5.11. The van der Waals surface area contributed by atoms with Gasteiger partial charge in [-0.25, -0.2) is 0 Å². The molecule has 3 rings (SSSR count). The summed E-state index contributed by atoms with van der Waals surface area (Å²) in [5.41, 5.74) is 7.81. The smallest absolute Gasteiger partial charge is 0.319 e. The molecule has 3 N–H and O–H groups in total. The summed E-state index contributed by atoms with van der Waals surface area (Å²) in [6, 6.07) is 11.7. The molecule has 0 saturated heterocycles. The average molecular weight is 369 g/mol. The van der Waals surface area contributed by atoms with Crippen molar-refractivity contribution in [1.29, 1.82) is 0 Å². The van der Waals surface area contributed by atoms with Gasteiger partial charge in [-0.3, -0.25) is 25.7 Å². The van der Waals surface area contributed by atoms with Crippen LogP contribution < -0.4 is 11.2 Å². The van der Waals surface area contributed by atoms with Gasteiger partial charge in [0.15, 0.2) is 0 Å². The molecule has 0 bridgehead atoms. The Balaban J connectivity index is 2.02. The van der Waals surface area contributed by atoms with E-state index in [0.29, 0.717) is 5.56 Å². The fraction of sp³-hybridized carbons (Fsp3) is 0. The van der Waals surface area contributed by atoms with Crippen molar-refractivity contribution in [2.75, 3.05) is 11.2 Å². The summed E-state index contributed by atoms with van der Waals surface area (Å²) in [6.07, 6.45) is 0. The third-order valence-electron chi connectivity index (χ3n) is 3.38. The third-order valence-corrected chi connectivity index (χ3v) is 3.38. The van der Waals surface area contributed by atoms with E-state index in [1.807, 2.05) is 0 Å². The van der Waals surface area contributed by atoms with Crippen LogP contribution in [0.25, 0.3) is 0 Å². The zero-order chi connectivity index (χ0) is 19.4. The fourth-order valence-corrected chi connectivity index (χ4v) is 2.17. The Morgan fingerprint density at radius 2 is 1.85 bits per heavy atom. The first-order chi connectivity index (χ1) is 13.0. The lowest BCUT2D eigenvalue weighted by molar-refractivity contribution is -0.393. The Kier molecular flexibility index (Phi) is 4.70. The maximum atomic E-state index is 11.2. The fourth-order valence-electron chi connectivity index (χ4n) is 2.17. The Bertz CT molecular complexity index is 1030. The van der Waals surface area contributed by atoms with E-state index in [1.54, 1.807) is 30.3 Å². The number of hydrogen-bond acceptors (Lipinski definition) is 10. The number of hydrogen-bond donors (Lipinski definition) is 2. The maximum absolute atomic E-state index is 11.2. The van der Waals surface area contributed by atoms with Crippen molar-refractivity contribution in [1.82, 2.24) is 10.1 Å². The lowest BCUT2D eigenvalue weighted by Crippen LogP contribution is -2.09. The van der Waals surface area contributed by atoms with Gasteiger partial charge in [-0.05, 0) is 6.07 Å². The molecule has 0 aliphatic carbocycles. The van der Waals surface area contributed by atoms with Gasteiger partial charge >= 0.3 is 11.7 Å². The van der Waals surface area contributed by atoms with Crippen molar-refractivity contribution in [3.05, 3.63) is 80.1 Å². The van der Waals surface area contributed by atoms with Crippen LogP contribution in [0, 0.1) is 20.2 Å². The molecule has 0 aliphatic rings. The molecule has 1 aromatic heterocycles. The largest absolute Gasteiger partial charge is 0.351 e. The zero-order valence-corrected chi connectivity index (χ0v) is 13.5. The van der Waals surface area contributed by atoms with Gasteiger partial charge in [0.05, 0.1) is 15.9 Å². The summed E-state index contributed by atoms with van der Waals surface area (Å²) in [6.45, 7) is 0. The number of benzene rings is 2. The second kappa shape index (κ2) is 7.26. The normalized spacial score (nSPS) is 11.2. The van der Waals surface area contributed by atoms with Crippen LogP contribution in [-0.2, 0) is 0 Å². The molecule has 0 spiro atoms. The molecule has 12 heteroatoms. The summed E-state index contributed by atoms with van der Waals surface area (Å²) in [7, 11) is 0. The topological polar surface area (TPSA) is 176 Å². The molecular formula is C15H11N7O5. The molecule has 0 fully saturated rings. The predicted octanol–water partition coefficient (Wildman–Crippen LogP) is 2.33. The molecule has 0 aliphatic heterocycles. The van der Waals surface area contributed by atoms with Crippen LogP contribution in [0.15, 0.2) is 58.2 Å². The zero-order valence-electron chi connectivity index (χ0n) is 13.5. The monoisotopic (exact) mass is 369 g/mol. The highest BCUT2D eigenvalue weighted by Gasteiger charge is 2.20. The van der Waals surface area contributed by atoms with E-state index >= 15 is 0 Å². The predicted molar refractivity (Wildman–Crippen MR) is 94.2 cm³/mol. The van der Waals surface area contributed by atoms with Crippen molar-refractivity contribution in [3.63, 3.8) is 0 Å². The van der Waals surface area contributed by atoms with Crippen molar-refractivity contribution >= 4 is 28.8 Å². The van der Waals surface area contributed by atoms with E-state index in [9.17, 15) is 20.2 Å². The summed E-state index contributed by atoms with van der Waals surface area (Å²) in [4.78, 5) is 24.5. The molecule has 3 aromatic rings. The van der Waals surface area contributed by atoms with E-state index in [0.717, 1.165) is 12.1 Å². The van der Waals surface area contributed by atoms with Crippen molar-refractivity contribution in [3.8, 4) is 0 Å². The first-order valence-corrected chi connectivity index (χ1v) is 7.37. The van der Waals surface area contributed by atoms with Gasteiger partial charge in [0.2, 0.25) is 5.82 Å². The third kappa shape index (κ3) is 3.84. The number of nitrogens with one attached hydrogen (secondary N) is 1. The number of hydrazone groups is 1. The number of rotatable bonds is 6. The van der Waals surface area contributed by atoms with Gasteiger partial charge in [0.1, 0.15) is 11.4 Å². The molecule has 1 heterocycles. The molecule has 27 heavy (non-hydrogen) atoms. The molecule has 0 unspecified atom stereocenters. The lowest BCUT2D eigenvalue weighted by atomic mass is 10.1. The van der Waals surface area contributed by atoms with E-state index < -0.39 is 21.2 Å². The van der Waals surface area contributed by atoms with Crippen LogP contribution in [0.3, 0.4) is 0 Å². The first-order valence-electron chi connectivity index (χ1n) is 7.37. The number of anilines is 2. The molecule has 136 valence electrons. The van der Waals surface area contributed by atoms with Gasteiger partial charge in [-0.15, -0.1) is 0 Å². The Morgan fingerprint density at radius 1 is 1.11 bits per heavy atom. The molecule has 0 amide bonds. The van der Waals surface area contributed by atoms with Gasteiger partial charge in [-0.2, -0.15) is 10.1 Å². The summed E-state index contributed by atoms with van der Waals surface area (Å²) in [5.74, 6) is 0.0655. The molecular weight excluding hydrogens is 358 g/mol. The van der Waals surface area contributed by atoms with E-state index in [-0.39, 0.29) is 23.2 Å². The lowest BCUT2D eigenvalue weighted by Gasteiger charge is -2.05. The summed E-state index contributed by atoms with van der Waals surface area (Å²) in [5, 5.41) is 29.9. The highest BCUT2D eigenvalue weighted by molar-refractivity contribution is 6.10. The number of aromatic nitrogens is 2. The second-order valence-electron chi connectivity index (χ2n) is 5.11. The van der Waals surface area contributed by atoms with Gasteiger partial charge < -0.3 is 10.3 Å². The van der Waals surface area contributed by atoms with Crippen LogP contribution in [0.1, 0.15) is 11.4 Å². The highest BCUT2D eigenvalue weighted by Crippen LogP contribution is 2.29. The first kappa shape index (κ1) is 17.5. The molecule has 0 atom stereocenters. The Morgan fingerprint density at radius 3 is 2.44 bits per heavy atom. The minimum atomic E-state index is -0.751. The average Bonchev–Trinajstić information content (AvgIpc) is 3.08. The maximum Gasteiger partial charge on any atom is 0.319 e. The number of nitro benzene ring substituents is 2. The highest BCUT2D eigenvalue weighted by atomic mass is 16.6. The number of nitro groups is 2. The quantitative estimate of drug-likeness (QED) is 0.375. The van der Waals surface area contributed by atoms with Crippen LogP contribution in [0.4, 0.5) is 23.1 Å². The minimum Gasteiger partial charge on any atom is -0.351 e. The van der Waals surface area contributed by atoms with Crippen LogP contribution in [0.2, 0.25) is 0 Å². The van der Waals surface area contributed by atoms with Gasteiger partial charge in [0.25, 0.3) is 5.69 Å². The van der Waals surface area contributed by atoms with E-state index in [4.69, 9.17) is 10.3 Å². The Hall–Kier alpha value is -4.35. The van der Waals surface area contributed by atoms with Crippen LogP contribution in [-0.4, -0.2) is 25.7 Å². The number of non-ortho nitro benzene ring substituents is 1. The van der Waals surface area contributed by atoms with E-state index in [2.05, 4.69) is 20.7 Å². The molecule has 0 saturated carbocycles. The molecule has 2 aromatic carbocycles. The molecule has 12 nitrogen and oxygen atoms in total. The number of nitrogens with two attached hydrogens (primary N) is 1. The van der Waals surface area contributed by atoms with Crippen molar-refractivity contribution < 1.29 is 14.4 Å². The van der Waals surface area contributed by atoms with Crippen molar-refractivity contribution in [2.45, 2.75) is 0 Å². The van der Waals surface area contributed by atoms with Gasteiger partial charge in [-0.1, -0.05) is 35.5 Å². The van der Waals surface area contributed by atoms with Crippen LogP contribution >= 0.6 is 0 Å². The van der Waals surface area contributed by atoms with Crippen molar-refractivity contribution in [2.24, 2.45) is 5.10 Å². The Labute approximate surface area is 150 Å². The van der Waals surface area contributed by atoms with Crippen LogP contribution in [0.5, 0.6) is 0 Å². The van der Waals surface area contributed by atoms with E-state index in [1.165, 1.54) is 6.07 Å². The number of nitrogens with zero attached hydrogens (tertiary/aromatic N) is 5. The number of nitrogen functional groups attached to an aromatic ring is 1. The summed E-state index contributed by atoms with van der Waals surface area (Å²) < 4.78 is 4.75. The molecule has 0 radical (unpaired) electrons. The summed E-state index contributed by atoms with van der Waals surface area (Å²) >= 11 is 0.